The third-order valence-electron chi connectivity index (χ3n) is 2.08. The molecular formula is C12H13F3O. The second-order valence-corrected chi connectivity index (χ2v) is 3.27. The number of benzene rings is 1. The molecule has 1 rings (SSSR count). The maximum atomic E-state index is 12.5. The molecule has 4 heteroatoms. The number of hydrogen-bond donors (Lipinski definition) is 0. The Morgan fingerprint density at radius 3 is 2.50 bits per heavy atom. The van der Waals surface area contributed by atoms with Crippen LogP contribution in [0.25, 0.3) is 6.08 Å². The molecule has 0 saturated carbocycles. The Labute approximate surface area is 92.5 Å². The molecule has 0 spiro atoms. The van der Waals surface area contributed by atoms with Gasteiger partial charge in [-0.3, -0.25) is 0 Å². The molecule has 0 aromatic heterocycles. The van der Waals surface area contributed by atoms with Crippen molar-refractivity contribution in [3.05, 3.63) is 35.4 Å². The standard InChI is InChI=1S/C12H13F3O/c1-3-4-5-9-6-7-10(12(13,14)15)11(8-9)16-2/h4-8H,3H2,1-2H3/b5-4+. The maximum absolute atomic E-state index is 12.5. The number of ether oxygens (including phenoxy) is 1. The molecule has 88 valence electrons. The van der Waals surface area contributed by atoms with E-state index < -0.39 is 11.7 Å². The lowest BCUT2D eigenvalue weighted by Crippen LogP contribution is -2.07. The second-order valence-electron chi connectivity index (χ2n) is 3.27. The molecule has 0 amide bonds. The number of halogens is 3. The minimum atomic E-state index is -4.38. The predicted molar refractivity (Wildman–Crippen MR) is 57.3 cm³/mol. The van der Waals surface area contributed by atoms with Crippen LogP contribution < -0.4 is 4.74 Å². The molecule has 16 heavy (non-hydrogen) atoms. The van der Waals surface area contributed by atoms with Gasteiger partial charge in [0.05, 0.1) is 12.7 Å². The fraction of sp³-hybridized carbons (Fsp3) is 0.333. The van der Waals surface area contributed by atoms with Crippen molar-refractivity contribution in [1.82, 2.24) is 0 Å². The molecule has 0 aliphatic carbocycles. The summed E-state index contributed by atoms with van der Waals surface area (Å²) in [4.78, 5) is 0. The number of rotatable bonds is 3. The van der Waals surface area contributed by atoms with Gasteiger partial charge in [-0.25, -0.2) is 0 Å². The normalized spacial score (nSPS) is 12.1. The van der Waals surface area contributed by atoms with Crippen LogP contribution in [0.2, 0.25) is 0 Å². The highest BCUT2D eigenvalue weighted by Crippen LogP contribution is 2.36. The van der Waals surface area contributed by atoms with Crippen LogP contribution in [-0.2, 0) is 6.18 Å². The van der Waals surface area contributed by atoms with E-state index in [1.165, 1.54) is 19.2 Å². The highest BCUT2D eigenvalue weighted by molar-refractivity contribution is 5.54. The van der Waals surface area contributed by atoms with Crippen molar-refractivity contribution in [2.24, 2.45) is 0 Å². The molecule has 0 bridgehead atoms. The number of hydrogen-bond acceptors (Lipinski definition) is 1. The molecule has 0 atom stereocenters. The molecule has 0 heterocycles. The fourth-order valence-corrected chi connectivity index (χ4v) is 1.30. The summed E-state index contributed by atoms with van der Waals surface area (Å²) in [6.45, 7) is 1.96. The van der Waals surface area contributed by atoms with E-state index in [0.717, 1.165) is 12.5 Å². The Morgan fingerprint density at radius 2 is 2.00 bits per heavy atom. The zero-order chi connectivity index (χ0) is 12.2. The van der Waals surface area contributed by atoms with Crippen molar-refractivity contribution in [1.29, 1.82) is 0 Å². The van der Waals surface area contributed by atoms with Gasteiger partial charge in [-0.2, -0.15) is 13.2 Å². The van der Waals surface area contributed by atoms with Crippen LogP contribution in [0.1, 0.15) is 24.5 Å². The van der Waals surface area contributed by atoms with Crippen LogP contribution in [0.3, 0.4) is 0 Å². The van der Waals surface area contributed by atoms with Crippen LogP contribution in [0.5, 0.6) is 5.75 Å². The van der Waals surface area contributed by atoms with Gasteiger partial charge in [0.25, 0.3) is 0 Å². The SMILES string of the molecule is CC/C=C/c1ccc(C(F)(F)F)c(OC)c1. The Balaban J connectivity index is 3.12. The van der Waals surface area contributed by atoms with Gasteiger partial charge in [0.15, 0.2) is 0 Å². The first-order valence-electron chi connectivity index (χ1n) is 4.90. The summed E-state index contributed by atoms with van der Waals surface area (Å²) in [5.41, 5.74) is -0.0460. The zero-order valence-corrected chi connectivity index (χ0v) is 9.14. The molecule has 0 N–H and O–H groups in total. The van der Waals surface area contributed by atoms with Gasteiger partial charge in [0, 0.05) is 0 Å². The van der Waals surface area contributed by atoms with Crippen LogP contribution in [0.4, 0.5) is 13.2 Å². The average Bonchev–Trinajstić information content (AvgIpc) is 2.24. The molecular weight excluding hydrogens is 217 g/mol. The Bertz CT molecular complexity index is 380. The lowest BCUT2D eigenvalue weighted by molar-refractivity contribution is -0.138. The molecule has 1 nitrogen and oxygen atoms in total. The van der Waals surface area contributed by atoms with Gasteiger partial charge in [0.2, 0.25) is 0 Å². The summed E-state index contributed by atoms with van der Waals surface area (Å²) >= 11 is 0. The van der Waals surface area contributed by atoms with E-state index in [0.29, 0.717) is 5.56 Å². The quantitative estimate of drug-likeness (QED) is 0.758. The van der Waals surface area contributed by atoms with Crippen LogP contribution in [0.15, 0.2) is 24.3 Å². The Morgan fingerprint density at radius 1 is 1.31 bits per heavy atom. The third kappa shape index (κ3) is 3.02. The first-order valence-corrected chi connectivity index (χ1v) is 4.90. The monoisotopic (exact) mass is 230 g/mol. The van der Waals surface area contributed by atoms with E-state index in [-0.39, 0.29) is 5.75 Å². The van der Waals surface area contributed by atoms with Crippen molar-refractivity contribution in [2.45, 2.75) is 19.5 Å². The van der Waals surface area contributed by atoms with E-state index in [1.54, 1.807) is 6.08 Å². The summed E-state index contributed by atoms with van der Waals surface area (Å²) in [5, 5.41) is 0. The van der Waals surface area contributed by atoms with Gasteiger partial charge in [-0.1, -0.05) is 25.1 Å². The molecule has 0 fully saturated rings. The van der Waals surface area contributed by atoms with Crippen LogP contribution in [0, 0.1) is 0 Å². The molecule has 1 aromatic rings. The van der Waals surface area contributed by atoms with Crippen molar-refractivity contribution in [3.8, 4) is 5.75 Å². The Hall–Kier alpha value is -1.45. The molecule has 0 aliphatic heterocycles. The fourth-order valence-electron chi connectivity index (χ4n) is 1.30. The van der Waals surface area contributed by atoms with Gasteiger partial charge in [0.1, 0.15) is 5.75 Å². The van der Waals surface area contributed by atoms with E-state index in [1.807, 2.05) is 13.0 Å². The largest absolute Gasteiger partial charge is 0.496 e. The van der Waals surface area contributed by atoms with Crippen molar-refractivity contribution >= 4 is 6.08 Å². The number of methoxy groups -OCH3 is 1. The predicted octanol–water partition coefficient (Wildman–Crippen LogP) is 4.14. The lowest BCUT2D eigenvalue weighted by Gasteiger charge is -2.12. The summed E-state index contributed by atoms with van der Waals surface area (Å²) in [7, 11) is 1.23. The first kappa shape index (κ1) is 12.6. The van der Waals surface area contributed by atoms with Gasteiger partial charge in [-0.05, 0) is 24.1 Å². The average molecular weight is 230 g/mol. The smallest absolute Gasteiger partial charge is 0.419 e. The van der Waals surface area contributed by atoms with Crippen molar-refractivity contribution in [3.63, 3.8) is 0 Å². The summed E-state index contributed by atoms with van der Waals surface area (Å²) in [5.74, 6) is -0.147. The number of alkyl halides is 3. The second kappa shape index (κ2) is 5.05. The topological polar surface area (TPSA) is 9.23 Å². The van der Waals surface area contributed by atoms with Crippen molar-refractivity contribution < 1.29 is 17.9 Å². The molecule has 0 unspecified atom stereocenters. The van der Waals surface area contributed by atoms with Gasteiger partial charge in [-0.15, -0.1) is 0 Å². The summed E-state index contributed by atoms with van der Waals surface area (Å²) < 4.78 is 42.3. The van der Waals surface area contributed by atoms with Gasteiger partial charge >= 0.3 is 6.18 Å². The maximum Gasteiger partial charge on any atom is 0.419 e. The summed E-state index contributed by atoms with van der Waals surface area (Å²) in [6, 6.07) is 3.85. The lowest BCUT2D eigenvalue weighted by atomic mass is 10.1. The molecule has 1 aromatic carbocycles. The van der Waals surface area contributed by atoms with E-state index in [4.69, 9.17) is 4.74 Å². The first-order chi connectivity index (χ1) is 7.49. The van der Waals surface area contributed by atoms with Crippen molar-refractivity contribution in [2.75, 3.05) is 7.11 Å². The van der Waals surface area contributed by atoms with E-state index in [2.05, 4.69) is 0 Å². The minimum Gasteiger partial charge on any atom is -0.496 e. The molecule has 0 aliphatic rings. The molecule has 0 radical (unpaired) electrons. The number of allylic oxidation sites excluding steroid dienone is 1. The highest BCUT2D eigenvalue weighted by Gasteiger charge is 2.34. The summed E-state index contributed by atoms with van der Waals surface area (Å²) in [6.07, 6.45) is 0.104. The van der Waals surface area contributed by atoms with Gasteiger partial charge < -0.3 is 4.74 Å². The van der Waals surface area contributed by atoms with E-state index in [9.17, 15) is 13.2 Å². The van der Waals surface area contributed by atoms with Crippen LogP contribution >= 0.6 is 0 Å². The molecule has 0 saturated heterocycles. The zero-order valence-electron chi connectivity index (χ0n) is 9.14. The third-order valence-corrected chi connectivity index (χ3v) is 2.08. The van der Waals surface area contributed by atoms with E-state index >= 15 is 0 Å². The Kier molecular flexibility index (Phi) is 3.99. The highest BCUT2D eigenvalue weighted by atomic mass is 19.4. The minimum absolute atomic E-state index is 0.147. The van der Waals surface area contributed by atoms with Crippen LogP contribution in [-0.4, -0.2) is 7.11 Å².